The number of hydrogen-bond acceptors (Lipinski definition) is 3. The van der Waals surface area contributed by atoms with E-state index in [2.05, 4.69) is 245 Å². The summed E-state index contributed by atoms with van der Waals surface area (Å²) in [6.45, 7) is 33.2. The van der Waals surface area contributed by atoms with Gasteiger partial charge in [-0.2, -0.15) is 0 Å². The molecule has 3 nitrogen and oxygen atoms in total. The second-order valence-electron chi connectivity index (χ2n) is 25.4. The first-order valence-electron chi connectivity index (χ1n) is 25.8. The van der Waals surface area contributed by atoms with Crippen LogP contribution in [0, 0.1) is 6.92 Å². The lowest BCUT2D eigenvalue weighted by Crippen LogP contribution is -2.60. The molecule has 0 atom stereocenters. The summed E-state index contributed by atoms with van der Waals surface area (Å²) >= 11 is 1.94. The number of para-hydroxylation sites is 1. The Hall–Kier alpha value is -6.04. The number of thiophene rings is 1. The number of benzene rings is 7. The van der Waals surface area contributed by atoms with E-state index >= 15 is 0 Å². The Morgan fingerprint density at radius 2 is 1.06 bits per heavy atom. The number of fused-ring (bicyclic) bond motifs is 10. The monoisotopic (exact) mass is 934 g/mol. The summed E-state index contributed by atoms with van der Waals surface area (Å²) in [6, 6.07) is 52.5. The lowest BCUT2D eigenvalue weighted by molar-refractivity contribution is 0.332. The van der Waals surface area contributed by atoms with Crippen LogP contribution in [0.25, 0.3) is 36.9 Å². The van der Waals surface area contributed by atoms with Gasteiger partial charge in [-0.15, -0.1) is 11.3 Å². The zero-order chi connectivity index (χ0) is 49.2. The highest BCUT2D eigenvalue weighted by Crippen LogP contribution is 2.52. The average Bonchev–Trinajstić information content (AvgIpc) is 3.84. The minimum Gasteiger partial charge on any atom is -0.311 e. The predicted molar refractivity (Wildman–Crippen MR) is 306 cm³/mol. The molecule has 352 valence electrons. The zero-order valence-electron chi connectivity index (χ0n) is 43.9. The highest BCUT2D eigenvalue weighted by Gasteiger charge is 2.45. The molecule has 0 saturated carbocycles. The van der Waals surface area contributed by atoms with Gasteiger partial charge in [0, 0.05) is 55.3 Å². The zero-order valence-corrected chi connectivity index (χ0v) is 44.8. The molecular weight excluding hydrogens is 866 g/mol. The lowest BCUT2D eigenvalue weighted by Gasteiger charge is -2.45. The van der Waals surface area contributed by atoms with Crippen LogP contribution in [0.1, 0.15) is 136 Å². The van der Waals surface area contributed by atoms with Crippen molar-refractivity contribution in [2.24, 2.45) is 0 Å². The molecule has 5 heteroatoms. The first-order valence-corrected chi connectivity index (χ1v) is 26.6. The Labute approximate surface area is 421 Å². The summed E-state index contributed by atoms with van der Waals surface area (Å²) in [5, 5.41) is 2.68. The van der Waals surface area contributed by atoms with Gasteiger partial charge in [-0.3, -0.25) is 0 Å². The molecule has 1 aliphatic carbocycles. The van der Waals surface area contributed by atoms with E-state index in [-0.39, 0.29) is 33.8 Å². The van der Waals surface area contributed by atoms with Crippen molar-refractivity contribution in [2.75, 3.05) is 9.80 Å². The van der Waals surface area contributed by atoms with Gasteiger partial charge < -0.3 is 14.4 Å². The second-order valence-corrected chi connectivity index (χ2v) is 26.5. The average molecular weight is 934 g/mol. The molecule has 70 heavy (non-hydrogen) atoms. The second kappa shape index (κ2) is 15.0. The molecule has 0 radical (unpaired) electrons. The van der Waals surface area contributed by atoms with Crippen LogP contribution in [-0.4, -0.2) is 11.3 Å². The van der Waals surface area contributed by atoms with Crippen molar-refractivity contribution < 1.29 is 0 Å². The van der Waals surface area contributed by atoms with Crippen molar-refractivity contribution in [1.29, 1.82) is 0 Å². The molecule has 0 saturated heterocycles. The smallest absolute Gasteiger partial charge is 0.252 e. The third-order valence-electron chi connectivity index (χ3n) is 16.6. The third-order valence-corrected chi connectivity index (χ3v) is 17.8. The van der Waals surface area contributed by atoms with Gasteiger partial charge in [0.1, 0.15) is 0 Å². The van der Waals surface area contributed by atoms with Crippen LogP contribution >= 0.6 is 11.3 Å². The lowest BCUT2D eigenvalue weighted by atomic mass is 9.33. The Morgan fingerprint density at radius 1 is 0.500 bits per heavy atom. The minimum atomic E-state index is -0.111. The van der Waals surface area contributed by atoms with E-state index in [4.69, 9.17) is 0 Å². The molecule has 3 aliphatic rings. The Morgan fingerprint density at radius 3 is 1.67 bits per heavy atom. The van der Waals surface area contributed by atoms with E-state index in [1.54, 1.807) is 0 Å². The first-order chi connectivity index (χ1) is 33.0. The van der Waals surface area contributed by atoms with Crippen LogP contribution in [0.4, 0.5) is 34.1 Å². The predicted octanol–water partition coefficient (Wildman–Crippen LogP) is 16.6. The largest absolute Gasteiger partial charge is 0.311 e. The normalized spacial score (nSPS) is 15.9. The number of aromatic nitrogens is 1. The van der Waals surface area contributed by atoms with Crippen LogP contribution in [0.2, 0.25) is 0 Å². The summed E-state index contributed by atoms with van der Waals surface area (Å²) in [4.78, 5) is 5.19. The Kier molecular flexibility index (Phi) is 9.67. The van der Waals surface area contributed by atoms with Crippen LogP contribution in [0.15, 0.2) is 133 Å². The molecule has 4 heterocycles. The summed E-state index contributed by atoms with van der Waals surface area (Å²) in [5.41, 5.74) is 23.8. The first kappa shape index (κ1) is 45.1. The fourth-order valence-electron chi connectivity index (χ4n) is 12.3. The highest BCUT2D eigenvalue weighted by atomic mass is 32.1. The van der Waals surface area contributed by atoms with Crippen molar-refractivity contribution in [2.45, 2.75) is 137 Å². The van der Waals surface area contributed by atoms with E-state index in [1.165, 1.54) is 110 Å². The number of nitrogens with zero attached hydrogens (tertiary/aromatic N) is 3. The van der Waals surface area contributed by atoms with Gasteiger partial charge in [-0.1, -0.05) is 163 Å². The number of anilines is 6. The number of rotatable bonds is 4. The van der Waals surface area contributed by atoms with Gasteiger partial charge in [0.15, 0.2) is 0 Å². The van der Waals surface area contributed by atoms with Gasteiger partial charge in [0.25, 0.3) is 6.71 Å². The molecule has 0 bridgehead atoms. The molecule has 0 fully saturated rings. The van der Waals surface area contributed by atoms with Crippen molar-refractivity contribution >= 4 is 99.8 Å². The Balaban J connectivity index is 1.19. The fourth-order valence-corrected chi connectivity index (χ4v) is 13.5. The molecule has 0 spiro atoms. The third kappa shape index (κ3) is 6.73. The molecule has 2 aromatic heterocycles. The number of aryl methyl sites for hydroxylation is 1. The van der Waals surface area contributed by atoms with Crippen LogP contribution in [0.5, 0.6) is 0 Å². The molecule has 2 aliphatic heterocycles. The fraction of sp³-hybridized carbons (Fsp3) is 0.323. The molecule has 7 aromatic carbocycles. The maximum atomic E-state index is 2.71. The molecule has 0 N–H and O–H groups in total. The van der Waals surface area contributed by atoms with E-state index in [9.17, 15) is 0 Å². The van der Waals surface area contributed by atoms with E-state index in [0.29, 0.717) is 0 Å². The summed E-state index contributed by atoms with van der Waals surface area (Å²) in [6.07, 6.45) is 2.35. The molecule has 9 aromatic rings. The minimum absolute atomic E-state index is 0.0321. The molecule has 0 unspecified atom stereocenters. The summed E-state index contributed by atoms with van der Waals surface area (Å²) in [7, 11) is 0. The highest BCUT2D eigenvalue weighted by molar-refractivity contribution is 7.26. The van der Waals surface area contributed by atoms with Crippen LogP contribution in [-0.2, 0) is 27.1 Å². The van der Waals surface area contributed by atoms with E-state index < -0.39 is 0 Å². The SMILES string of the molecule is Cc1cc2c(cc1N1c3cc(N(c4ccc(C(C)(C)C)cc4)c4ccc(C(C)(C)C)cc4)ccc3B3c4c1cc(C(C)(C)C)cc4-n1c4c3cccc4c3sc4ccccc4c31)C(C)(C)CCC2(C)C. The number of hydrogen-bond donors (Lipinski definition) is 0. The van der Waals surface area contributed by atoms with Crippen molar-refractivity contribution in [3.63, 3.8) is 0 Å². The van der Waals surface area contributed by atoms with Crippen molar-refractivity contribution in [3.05, 3.63) is 167 Å². The maximum Gasteiger partial charge on any atom is 0.252 e. The topological polar surface area (TPSA) is 11.4 Å². The van der Waals surface area contributed by atoms with Crippen molar-refractivity contribution in [1.82, 2.24) is 4.57 Å². The maximum absolute atomic E-state index is 2.71. The van der Waals surface area contributed by atoms with Gasteiger partial charge >= 0.3 is 0 Å². The quantitative estimate of drug-likeness (QED) is 0.163. The van der Waals surface area contributed by atoms with Gasteiger partial charge in [0.05, 0.1) is 15.7 Å². The molecular formula is C65H68BN3S. The Bertz CT molecular complexity index is 3560. The molecule has 0 amide bonds. The van der Waals surface area contributed by atoms with E-state index in [1.807, 2.05) is 11.3 Å². The van der Waals surface area contributed by atoms with Gasteiger partial charge in [0.2, 0.25) is 0 Å². The van der Waals surface area contributed by atoms with Crippen molar-refractivity contribution in [3.8, 4) is 5.69 Å². The summed E-state index contributed by atoms with van der Waals surface area (Å²) in [5.74, 6) is 0. The van der Waals surface area contributed by atoms with Crippen LogP contribution in [0.3, 0.4) is 0 Å². The van der Waals surface area contributed by atoms with Crippen LogP contribution < -0.4 is 26.2 Å². The van der Waals surface area contributed by atoms with Gasteiger partial charge in [-0.05, 0) is 157 Å². The summed E-state index contributed by atoms with van der Waals surface area (Å²) < 4.78 is 5.39. The van der Waals surface area contributed by atoms with E-state index in [0.717, 1.165) is 23.5 Å². The molecule has 12 rings (SSSR count). The van der Waals surface area contributed by atoms with Gasteiger partial charge in [-0.25, -0.2) is 0 Å². The standard InChI is InChI=1S/C65H68BN3S/c1-39-34-48-49(65(13,14)33-32-64(48,11)12)38-52(39)68-53-37-45(67(43-26-22-40(23-27-43)61(2,3)4)44-28-24-41(25-29-44)62(5,6)7)30-31-50(53)66-51-20-17-19-47-58(51)69(59-46-18-15-16-21-56(46)70-60(47)59)55-36-42(63(8,9)10)35-54(68)57(55)66/h15-31,34-38H,32-33H2,1-14H3.